The number of likely N-dealkylation sites (N-methyl/N-ethyl adjacent to an activating group) is 1. The lowest BCUT2D eigenvalue weighted by Gasteiger charge is -2.23. The molecule has 6 nitrogen and oxygen atoms in total. The Bertz CT molecular complexity index is 942. The third-order valence-corrected chi connectivity index (χ3v) is 4.62. The molecule has 0 spiro atoms. The molecule has 2 aromatic rings. The maximum absolute atomic E-state index is 14.5. The minimum atomic E-state index is -0.435. The summed E-state index contributed by atoms with van der Waals surface area (Å²) in [4.78, 5) is 13.8. The Morgan fingerprint density at radius 3 is 2.75 bits per heavy atom. The van der Waals surface area contributed by atoms with Crippen LogP contribution in [-0.2, 0) is 14.3 Å². The average molecular weight is 387 g/mol. The number of fused-ring (bicyclic) bond motifs is 1. The molecule has 0 radical (unpaired) electrons. The zero-order valence-electron chi connectivity index (χ0n) is 15.2. The Labute approximate surface area is 160 Å². The van der Waals surface area contributed by atoms with Gasteiger partial charge in [-0.05, 0) is 36.4 Å². The number of halogens is 2. The van der Waals surface area contributed by atoms with Crippen LogP contribution in [0.4, 0.5) is 25.8 Å². The number of hydrogen-bond acceptors (Lipinski definition) is 5. The van der Waals surface area contributed by atoms with Crippen molar-refractivity contribution >= 4 is 28.5 Å². The summed E-state index contributed by atoms with van der Waals surface area (Å²) in [5, 5.41) is 5.57. The van der Waals surface area contributed by atoms with Crippen LogP contribution >= 0.6 is 0 Å². The van der Waals surface area contributed by atoms with Crippen LogP contribution in [-0.4, -0.2) is 39.0 Å². The van der Waals surface area contributed by atoms with E-state index >= 15 is 0 Å². The molecule has 2 N–H and O–H groups in total. The van der Waals surface area contributed by atoms with Gasteiger partial charge in [0.25, 0.3) is 5.91 Å². The van der Waals surface area contributed by atoms with Crippen LogP contribution in [0.2, 0.25) is 0 Å². The fourth-order valence-corrected chi connectivity index (χ4v) is 3.20. The summed E-state index contributed by atoms with van der Waals surface area (Å²) in [6.45, 7) is 1.49. The molecule has 2 aliphatic rings. The molecule has 0 aromatic heterocycles. The summed E-state index contributed by atoms with van der Waals surface area (Å²) >= 11 is 0. The highest BCUT2D eigenvalue weighted by molar-refractivity contribution is 6.31. The van der Waals surface area contributed by atoms with Crippen molar-refractivity contribution in [2.24, 2.45) is 0 Å². The van der Waals surface area contributed by atoms with E-state index in [0.717, 1.165) is 0 Å². The molecule has 0 atom stereocenters. The SMILES string of the molecule is CN(CC1OCCO1)c1ccc(NC=C2C(=O)Nc3ccc(F)cc32)cc1F. The van der Waals surface area contributed by atoms with E-state index in [9.17, 15) is 13.6 Å². The van der Waals surface area contributed by atoms with E-state index in [1.165, 1.54) is 30.5 Å². The second-order valence-electron chi connectivity index (χ2n) is 6.56. The summed E-state index contributed by atoms with van der Waals surface area (Å²) in [6, 6.07) is 8.73. The molecule has 4 rings (SSSR count). The van der Waals surface area contributed by atoms with Crippen LogP contribution in [0.15, 0.2) is 42.6 Å². The molecule has 28 heavy (non-hydrogen) atoms. The zero-order chi connectivity index (χ0) is 19.7. The summed E-state index contributed by atoms with van der Waals surface area (Å²) in [7, 11) is 1.76. The van der Waals surface area contributed by atoms with E-state index in [0.29, 0.717) is 42.4 Å². The van der Waals surface area contributed by atoms with E-state index in [4.69, 9.17) is 9.47 Å². The van der Waals surface area contributed by atoms with E-state index < -0.39 is 11.6 Å². The summed E-state index contributed by atoms with van der Waals surface area (Å²) in [5.41, 5.74) is 2.16. The third kappa shape index (κ3) is 3.69. The molecule has 1 saturated heterocycles. The predicted octanol–water partition coefficient (Wildman–Crippen LogP) is 3.18. The quantitative estimate of drug-likeness (QED) is 0.772. The number of nitrogens with zero attached hydrogens (tertiary/aromatic N) is 1. The first-order chi connectivity index (χ1) is 13.5. The van der Waals surface area contributed by atoms with Crippen LogP contribution < -0.4 is 15.5 Å². The highest BCUT2D eigenvalue weighted by Gasteiger charge is 2.24. The largest absolute Gasteiger partial charge is 0.367 e. The molecule has 0 bridgehead atoms. The van der Waals surface area contributed by atoms with Gasteiger partial charge in [0.1, 0.15) is 11.6 Å². The van der Waals surface area contributed by atoms with E-state index in [2.05, 4.69) is 10.6 Å². The van der Waals surface area contributed by atoms with E-state index in [-0.39, 0.29) is 17.8 Å². The summed E-state index contributed by atoms with van der Waals surface area (Å²) in [5.74, 6) is -1.21. The van der Waals surface area contributed by atoms with Crippen molar-refractivity contribution < 1.29 is 23.0 Å². The molecular formula is C20H19F2N3O3. The summed E-state index contributed by atoms with van der Waals surface area (Å²) in [6.07, 6.45) is 1.08. The Morgan fingerprint density at radius 2 is 2.00 bits per heavy atom. The number of rotatable bonds is 5. The standard InChI is InChI=1S/C20H19F2N3O3/c1-25(11-19-27-6-7-28-19)18-5-3-13(9-16(18)22)23-10-15-14-8-12(21)2-4-17(14)24-20(15)26/h2-5,8-10,19,23H,6-7,11H2,1H3,(H,24,26). The molecular weight excluding hydrogens is 368 g/mol. The Balaban J connectivity index is 1.49. The topological polar surface area (TPSA) is 62.8 Å². The lowest BCUT2D eigenvalue weighted by atomic mass is 10.1. The minimum Gasteiger partial charge on any atom is -0.367 e. The van der Waals surface area contributed by atoms with Gasteiger partial charge in [-0.1, -0.05) is 0 Å². The smallest absolute Gasteiger partial charge is 0.257 e. The van der Waals surface area contributed by atoms with Crippen molar-refractivity contribution in [2.45, 2.75) is 6.29 Å². The number of nitrogens with one attached hydrogen (secondary N) is 2. The lowest BCUT2D eigenvalue weighted by Crippen LogP contribution is -2.30. The highest BCUT2D eigenvalue weighted by Crippen LogP contribution is 2.32. The van der Waals surface area contributed by atoms with Crippen molar-refractivity contribution in [2.75, 3.05) is 42.3 Å². The number of ether oxygens (including phenoxy) is 2. The fraction of sp³-hybridized carbons (Fsp3) is 0.250. The van der Waals surface area contributed by atoms with Crippen molar-refractivity contribution in [3.63, 3.8) is 0 Å². The highest BCUT2D eigenvalue weighted by atomic mass is 19.1. The number of carbonyl (C=O) groups excluding carboxylic acids is 1. The number of hydrogen-bond donors (Lipinski definition) is 2. The Hall–Kier alpha value is -2.97. The predicted molar refractivity (Wildman–Crippen MR) is 102 cm³/mol. The molecule has 0 aliphatic carbocycles. The van der Waals surface area contributed by atoms with Gasteiger partial charge < -0.3 is 25.0 Å². The van der Waals surface area contributed by atoms with Crippen LogP contribution in [0.25, 0.3) is 5.57 Å². The molecule has 1 fully saturated rings. The molecule has 2 heterocycles. The van der Waals surface area contributed by atoms with Gasteiger partial charge in [-0.15, -0.1) is 0 Å². The van der Waals surface area contributed by atoms with Gasteiger partial charge in [0.15, 0.2) is 6.29 Å². The van der Waals surface area contributed by atoms with Crippen LogP contribution in [0.5, 0.6) is 0 Å². The second kappa shape index (κ2) is 7.57. The first-order valence-electron chi connectivity index (χ1n) is 8.83. The first kappa shape index (κ1) is 18.4. The van der Waals surface area contributed by atoms with Gasteiger partial charge >= 0.3 is 0 Å². The fourth-order valence-electron chi connectivity index (χ4n) is 3.20. The molecule has 2 aliphatic heterocycles. The van der Waals surface area contributed by atoms with Gasteiger partial charge in [-0.3, -0.25) is 4.79 Å². The Morgan fingerprint density at radius 1 is 1.21 bits per heavy atom. The molecule has 1 amide bonds. The van der Waals surface area contributed by atoms with E-state index in [1.807, 2.05) is 0 Å². The minimum absolute atomic E-state index is 0.284. The maximum atomic E-state index is 14.5. The van der Waals surface area contributed by atoms with Crippen molar-refractivity contribution in [1.82, 2.24) is 0 Å². The van der Waals surface area contributed by atoms with Crippen LogP contribution in [0.3, 0.4) is 0 Å². The first-order valence-corrected chi connectivity index (χ1v) is 8.83. The molecule has 2 aromatic carbocycles. The average Bonchev–Trinajstić information content (AvgIpc) is 3.27. The lowest BCUT2D eigenvalue weighted by molar-refractivity contribution is -0.110. The maximum Gasteiger partial charge on any atom is 0.257 e. The summed E-state index contributed by atoms with van der Waals surface area (Å²) < 4.78 is 38.8. The van der Waals surface area contributed by atoms with Gasteiger partial charge in [0.05, 0.1) is 31.0 Å². The Kier molecular flexibility index (Phi) is 4.97. The molecule has 0 unspecified atom stereocenters. The third-order valence-electron chi connectivity index (χ3n) is 4.62. The van der Waals surface area contributed by atoms with Gasteiger partial charge in [0.2, 0.25) is 0 Å². The van der Waals surface area contributed by atoms with Gasteiger partial charge in [-0.25, -0.2) is 8.78 Å². The van der Waals surface area contributed by atoms with Crippen molar-refractivity contribution in [3.05, 3.63) is 59.8 Å². The number of benzene rings is 2. The number of anilines is 3. The second-order valence-corrected chi connectivity index (χ2v) is 6.56. The van der Waals surface area contributed by atoms with Crippen molar-refractivity contribution in [1.29, 1.82) is 0 Å². The van der Waals surface area contributed by atoms with E-state index in [1.54, 1.807) is 24.1 Å². The monoisotopic (exact) mass is 387 g/mol. The van der Waals surface area contributed by atoms with Gasteiger partial charge in [0, 0.05) is 30.2 Å². The molecule has 8 heteroatoms. The normalized spacial score (nSPS) is 17.7. The number of amides is 1. The molecule has 146 valence electrons. The number of carbonyl (C=O) groups is 1. The van der Waals surface area contributed by atoms with Crippen molar-refractivity contribution in [3.8, 4) is 0 Å². The van der Waals surface area contributed by atoms with Crippen LogP contribution in [0, 0.1) is 11.6 Å². The van der Waals surface area contributed by atoms with Gasteiger partial charge in [-0.2, -0.15) is 0 Å². The zero-order valence-corrected chi connectivity index (χ0v) is 15.2. The van der Waals surface area contributed by atoms with Crippen LogP contribution in [0.1, 0.15) is 5.56 Å². The molecule has 0 saturated carbocycles.